The molecule has 2 aromatic rings. The summed E-state index contributed by atoms with van der Waals surface area (Å²) in [5.74, 6) is -0.138. The van der Waals surface area contributed by atoms with E-state index in [1.165, 1.54) is 19.3 Å². The second-order valence-electron chi connectivity index (χ2n) is 7.88. The molecule has 0 N–H and O–H groups in total. The van der Waals surface area contributed by atoms with Crippen LogP contribution in [-0.2, 0) is 15.6 Å². The second kappa shape index (κ2) is 9.90. The van der Waals surface area contributed by atoms with Gasteiger partial charge in [0.25, 0.3) is 5.91 Å². The Balaban J connectivity index is 1.58. The Bertz CT molecular complexity index is 941. The summed E-state index contributed by atoms with van der Waals surface area (Å²) >= 11 is 6.20. The minimum absolute atomic E-state index is 0.138. The highest BCUT2D eigenvalue weighted by molar-refractivity contribution is 7.91. The van der Waals surface area contributed by atoms with Crippen LogP contribution in [0.25, 0.3) is 6.08 Å². The molecular weight excluding hydrogens is 416 g/mol. The third-order valence-corrected chi connectivity index (χ3v) is 7.62. The maximum absolute atomic E-state index is 13.4. The van der Waals surface area contributed by atoms with E-state index in [2.05, 4.69) is 4.90 Å². The van der Waals surface area contributed by atoms with Crippen LogP contribution in [0.15, 0.2) is 59.5 Å². The molecule has 0 aliphatic carbocycles. The molecule has 2 aliphatic heterocycles. The van der Waals surface area contributed by atoms with E-state index in [0.717, 1.165) is 37.2 Å². The van der Waals surface area contributed by atoms with Gasteiger partial charge in [-0.3, -0.25) is 9.00 Å². The summed E-state index contributed by atoms with van der Waals surface area (Å²) in [6.45, 7) is 3.83. The van der Waals surface area contributed by atoms with Crippen molar-refractivity contribution in [2.24, 2.45) is 0 Å². The molecule has 0 radical (unpaired) electrons. The number of hydrogen-bond acceptors (Lipinski definition) is 3. The van der Waals surface area contributed by atoms with Gasteiger partial charge >= 0.3 is 0 Å². The number of rotatable bonds is 6. The SMILES string of the molecule is O=C1C(=Cc2ccccc2)S(=O)C(c2cccc(Cl)c2)N1CCCN1CCCCC1. The van der Waals surface area contributed by atoms with Crippen molar-refractivity contribution in [3.63, 3.8) is 0 Å². The topological polar surface area (TPSA) is 40.6 Å². The third kappa shape index (κ3) is 4.85. The Hall–Kier alpha value is -1.95. The molecular formula is C24H27ClN2O2S. The van der Waals surface area contributed by atoms with Crippen LogP contribution in [0, 0.1) is 0 Å². The number of benzene rings is 2. The van der Waals surface area contributed by atoms with Gasteiger partial charge in [-0.25, -0.2) is 0 Å². The fraction of sp³-hybridized carbons (Fsp3) is 0.375. The van der Waals surface area contributed by atoms with Crippen molar-refractivity contribution >= 4 is 34.4 Å². The molecule has 2 saturated heterocycles. The van der Waals surface area contributed by atoms with Crippen LogP contribution >= 0.6 is 11.6 Å². The average molecular weight is 443 g/mol. The first kappa shape index (κ1) is 21.3. The normalized spacial score (nSPS) is 24.0. The molecule has 2 heterocycles. The summed E-state index contributed by atoms with van der Waals surface area (Å²) in [6, 6.07) is 17.0. The maximum atomic E-state index is 13.4. The first-order valence-corrected chi connectivity index (χ1v) is 12.2. The molecule has 0 saturated carbocycles. The molecule has 2 atom stereocenters. The Kier molecular flexibility index (Phi) is 7.03. The first-order chi connectivity index (χ1) is 14.6. The van der Waals surface area contributed by atoms with E-state index in [-0.39, 0.29) is 5.91 Å². The van der Waals surface area contributed by atoms with E-state index < -0.39 is 16.2 Å². The number of likely N-dealkylation sites (tertiary alicyclic amines) is 1. The van der Waals surface area contributed by atoms with E-state index >= 15 is 0 Å². The van der Waals surface area contributed by atoms with Gasteiger partial charge in [0.2, 0.25) is 0 Å². The van der Waals surface area contributed by atoms with E-state index in [1.807, 2.05) is 48.5 Å². The molecule has 30 heavy (non-hydrogen) atoms. The Morgan fingerprint density at radius 2 is 1.77 bits per heavy atom. The summed E-state index contributed by atoms with van der Waals surface area (Å²) in [6.07, 6.45) is 6.45. The minimum Gasteiger partial charge on any atom is -0.319 e. The maximum Gasteiger partial charge on any atom is 0.264 e. The van der Waals surface area contributed by atoms with Gasteiger partial charge in [0.1, 0.15) is 10.3 Å². The van der Waals surface area contributed by atoms with Crippen molar-refractivity contribution in [3.05, 3.63) is 75.7 Å². The third-order valence-electron chi connectivity index (χ3n) is 5.73. The molecule has 0 bridgehead atoms. The number of amides is 1. The fourth-order valence-corrected chi connectivity index (χ4v) is 6.03. The molecule has 1 amide bonds. The Morgan fingerprint density at radius 3 is 2.50 bits per heavy atom. The summed E-state index contributed by atoms with van der Waals surface area (Å²) in [4.78, 5) is 17.9. The zero-order chi connectivity index (χ0) is 20.9. The molecule has 2 fully saturated rings. The lowest BCUT2D eigenvalue weighted by Crippen LogP contribution is -2.35. The lowest BCUT2D eigenvalue weighted by atomic mass is 10.1. The summed E-state index contributed by atoms with van der Waals surface area (Å²) < 4.78 is 13.4. The molecule has 0 aromatic heterocycles. The van der Waals surface area contributed by atoms with Crippen LogP contribution in [0.3, 0.4) is 0 Å². The van der Waals surface area contributed by atoms with Crippen molar-refractivity contribution in [1.82, 2.24) is 9.80 Å². The molecule has 4 rings (SSSR count). The zero-order valence-corrected chi connectivity index (χ0v) is 18.6. The molecule has 158 valence electrons. The van der Waals surface area contributed by atoms with Crippen LogP contribution in [0.4, 0.5) is 0 Å². The summed E-state index contributed by atoms with van der Waals surface area (Å²) in [7, 11) is -1.46. The highest BCUT2D eigenvalue weighted by Crippen LogP contribution is 2.38. The number of hydrogen-bond donors (Lipinski definition) is 0. The van der Waals surface area contributed by atoms with Crippen LogP contribution in [0.2, 0.25) is 5.02 Å². The van der Waals surface area contributed by atoms with Crippen LogP contribution < -0.4 is 0 Å². The lowest BCUT2D eigenvalue weighted by molar-refractivity contribution is -0.126. The van der Waals surface area contributed by atoms with Gasteiger partial charge in [-0.1, -0.05) is 60.5 Å². The van der Waals surface area contributed by atoms with Gasteiger partial charge in [0.05, 0.1) is 10.8 Å². The Morgan fingerprint density at radius 1 is 1.00 bits per heavy atom. The first-order valence-electron chi connectivity index (χ1n) is 10.6. The van der Waals surface area contributed by atoms with Gasteiger partial charge in [-0.15, -0.1) is 0 Å². The quantitative estimate of drug-likeness (QED) is 0.600. The zero-order valence-electron chi connectivity index (χ0n) is 17.0. The summed E-state index contributed by atoms with van der Waals surface area (Å²) in [5.41, 5.74) is 1.71. The van der Waals surface area contributed by atoms with Gasteiger partial charge in [-0.05, 0) is 68.2 Å². The second-order valence-corrected chi connectivity index (χ2v) is 9.80. The molecule has 0 spiro atoms. The van der Waals surface area contributed by atoms with Crippen LogP contribution in [0.1, 0.15) is 42.2 Å². The Labute approximate surface area is 186 Å². The van der Waals surface area contributed by atoms with Gasteiger partial charge in [0, 0.05) is 11.6 Å². The van der Waals surface area contributed by atoms with Crippen molar-refractivity contribution in [1.29, 1.82) is 0 Å². The monoisotopic (exact) mass is 442 g/mol. The van der Waals surface area contributed by atoms with Crippen molar-refractivity contribution in [3.8, 4) is 0 Å². The number of piperidine rings is 1. The fourth-order valence-electron chi connectivity index (χ4n) is 4.22. The number of halogens is 1. The predicted octanol–water partition coefficient (Wildman–Crippen LogP) is 4.85. The largest absolute Gasteiger partial charge is 0.319 e. The molecule has 2 aromatic carbocycles. The standard InChI is InChI=1S/C24H27ClN2O2S/c25-21-12-7-11-20(18-21)24-27(16-8-15-26-13-5-2-6-14-26)23(28)22(30(24)29)17-19-9-3-1-4-10-19/h1,3-4,7,9-12,17-18,24H,2,5-6,8,13-16H2. The van der Waals surface area contributed by atoms with Crippen molar-refractivity contribution in [2.45, 2.75) is 31.1 Å². The average Bonchev–Trinajstić information content (AvgIpc) is 3.00. The number of carbonyl (C=O) groups is 1. The lowest BCUT2D eigenvalue weighted by Gasteiger charge is -2.28. The van der Waals surface area contributed by atoms with E-state index in [1.54, 1.807) is 17.0 Å². The van der Waals surface area contributed by atoms with Crippen molar-refractivity contribution < 1.29 is 9.00 Å². The van der Waals surface area contributed by atoms with Crippen molar-refractivity contribution in [2.75, 3.05) is 26.2 Å². The summed E-state index contributed by atoms with van der Waals surface area (Å²) in [5, 5.41) is 0.0956. The van der Waals surface area contributed by atoms with Gasteiger partial charge in [-0.2, -0.15) is 0 Å². The van der Waals surface area contributed by atoms with Crippen LogP contribution in [-0.4, -0.2) is 46.1 Å². The highest BCUT2D eigenvalue weighted by atomic mass is 35.5. The van der Waals surface area contributed by atoms with E-state index in [9.17, 15) is 9.00 Å². The van der Waals surface area contributed by atoms with E-state index in [0.29, 0.717) is 16.5 Å². The van der Waals surface area contributed by atoms with Crippen LogP contribution in [0.5, 0.6) is 0 Å². The smallest absolute Gasteiger partial charge is 0.264 e. The number of nitrogens with zero attached hydrogens (tertiary/aromatic N) is 2. The molecule has 2 unspecified atom stereocenters. The minimum atomic E-state index is -1.46. The molecule has 6 heteroatoms. The highest BCUT2D eigenvalue weighted by Gasteiger charge is 2.42. The number of carbonyl (C=O) groups excluding carboxylic acids is 1. The van der Waals surface area contributed by atoms with E-state index in [4.69, 9.17) is 11.6 Å². The van der Waals surface area contributed by atoms with Gasteiger partial charge < -0.3 is 9.80 Å². The van der Waals surface area contributed by atoms with Gasteiger partial charge in [0.15, 0.2) is 0 Å². The molecule has 4 nitrogen and oxygen atoms in total. The molecule has 2 aliphatic rings. The predicted molar refractivity (Wildman–Crippen MR) is 123 cm³/mol.